The van der Waals surface area contributed by atoms with E-state index in [1.807, 2.05) is 0 Å². The third-order valence-electron chi connectivity index (χ3n) is 13.4. The molecule has 378 valence electrons. The fourth-order valence-electron chi connectivity index (χ4n) is 8.93. The molecule has 22 atom stereocenters. The molecule has 5 fully saturated rings. The van der Waals surface area contributed by atoms with Crippen LogP contribution in [0.1, 0.15) is 131 Å². The molecular weight excluding hydrogens is 860 g/mol. The molecule has 5 heterocycles. The van der Waals surface area contributed by atoms with Gasteiger partial charge in [-0.3, -0.25) is 9.59 Å². The highest BCUT2D eigenvalue weighted by Gasteiger charge is 2.57. The van der Waals surface area contributed by atoms with Crippen LogP contribution in [0.2, 0.25) is 0 Å². The SMILES string of the molecule is CCCCCC1CCCCCCCCCC(=O)OC2C(OC3OC(C)C(O)C(O)C3O)C(C)OC(OC3C(OC(CO)C(O)C3O)OC3C(O1)OC(C)C(O)C3O)C2OC(=O)C(C)CC. The Morgan fingerprint density at radius 3 is 1.88 bits per heavy atom. The largest absolute Gasteiger partial charge is 0.455 e. The summed E-state index contributed by atoms with van der Waals surface area (Å²) in [4.78, 5) is 27.5. The minimum absolute atomic E-state index is 0.0193. The van der Waals surface area contributed by atoms with E-state index < -0.39 is 147 Å². The van der Waals surface area contributed by atoms with Crippen molar-refractivity contribution in [2.24, 2.45) is 5.92 Å². The Hall–Kier alpha value is -1.70. The molecule has 5 rings (SSSR count). The third-order valence-corrected chi connectivity index (χ3v) is 13.4. The van der Waals surface area contributed by atoms with Crippen LogP contribution in [0.25, 0.3) is 0 Å². The predicted octanol–water partition coefficient (Wildman–Crippen LogP) is 0.980. The fourth-order valence-corrected chi connectivity index (χ4v) is 8.93. The van der Waals surface area contributed by atoms with Crippen LogP contribution < -0.4 is 0 Å². The summed E-state index contributed by atoms with van der Waals surface area (Å²) in [5.74, 6) is -2.12. The fraction of sp³-hybridized carbons (Fsp3) is 0.956. The van der Waals surface area contributed by atoms with Crippen LogP contribution >= 0.6 is 0 Å². The van der Waals surface area contributed by atoms with Gasteiger partial charge in [-0.1, -0.05) is 78.6 Å². The monoisotopic (exact) mass is 939 g/mol. The van der Waals surface area contributed by atoms with Crippen molar-refractivity contribution in [3.05, 3.63) is 0 Å². The maximum atomic E-state index is 13.8. The van der Waals surface area contributed by atoms with E-state index in [0.717, 1.165) is 57.8 Å². The van der Waals surface area contributed by atoms with Crippen LogP contribution in [0, 0.1) is 5.92 Å². The number of ether oxygens (including phenoxy) is 10. The normalized spacial score (nSPS) is 44.8. The second kappa shape index (κ2) is 25.8. The standard InChI is InChI=1S/C45H78O20/c1-7-9-15-18-26-19-16-13-11-10-12-14-17-20-28(47)61-39-36(63-42-35(54)32(51)29(48)23(4)56-42)25(6)58-45(40(39)62-41(55)22(3)8-2)65-38-34(53)31(50)27(21-46)60-44(38)64-37-33(52)30(49)24(5)57-43(37)59-26/h22-27,29-40,42-46,48-54H,7-21H2,1-6H3. The number of carbonyl (C=O) groups is 2. The molecule has 5 aliphatic heterocycles. The van der Waals surface area contributed by atoms with E-state index in [4.69, 9.17) is 47.4 Å². The first-order valence-electron chi connectivity index (χ1n) is 24.0. The molecule has 0 spiro atoms. The first-order valence-corrected chi connectivity index (χ1v) is 24.0. The Bertz CT molecular complexity index is 1430. The smallest absolute Gasteiger partial charge is 0.309 e. The Morgan fingerprint density at radius 1 is 0.631 bits per heavy atom. The van der Waals surface area contributed by atoms with Gasteiger partial charge >= 0.3 is 11.9 Å². The molecule has 20 nitrogen and oxygen atoms in total. The predicted molar refractivity (Wildman–Crippen MR) is 225 cm³/mol. The molecule has 0 amide bonds. The van der Waals surface area contributed by atoms with Crippen molar-refractivity contribution in [1.29, 1.82) is 0 Å². The maximum Gasteiger partial charge on any atom is 0.309 e. The second-order valence-electron chi connectivity index (χ2n) is 18.5. The molecule has 0 aromatic rings. The van der Waals surface area contributed by atoms with E-state index in [-0.39, 0.29) is 12.5 Å². The van der Waals surface area contributed by atoms with Crippen LogP contribution in [0.3, 0.4) is 0 Å². The van der Waals surface area contributed by atoms with E-state index in [1.54, 1.807) is 20.8 Å². The Labute approximate surface area is 382 Å². The van der Waals surface area contributed by atoms with Gasteiger partial charge < -0.3 is 88.2 Å². The molecular formula is C45H78O20. The van der Waals surface area contributed by atoms with Crippen molar-refractivity contribution in [2.75, 3.05) is 6.61 Å². The number of aliphatic hydroxyl groups excluding tert-OH is 8. The van der Waals surface area contributed by atoms with Crippen LogP contribution in [0.5, 0.6) is 0 Å². The zero-order chi connectivity index (χ0) is 47.5. The lowest BCUT2D eigenvalue weighted by molar-refractivity contribution is -0.399. The average molecular weight is 939 g/mol. The topological polar surface area (TPSA) is 288 Å². The van der Waals surface area contributed by atoms with Crippen molar-refractivity contribution in [2.45, 2.75) is 260 Å². The zero-order valence-corrected chi connectivity index (χ0v) is 38.8. The van der Waals surface area contributed by atoms with Crippen molar-refractivity contribution in [3.63, 3.8) is 0 Å². The summed E-state index contributed by atoms with van der Waals surface area (Å²) in [7, 11) is 0. The van der Waals surface area contributed by atoms with E-state index in [9.17, 15) is 50.4 Å². The lowest BCUT2D eigenvalue weighted by Gasteiger charge is -2.50. The van der Waals surface area contributed by atoms with Gasteiger partial charge in [-0.2, -0.15) is 0 Å². The highest BCUT2D eigenvalue weighted by molar-refractivity contribution is 5.72. The average Bonchev–Trinajstić information content (AvgIpc) is 3.28. The summed E-state index contributed by atoms with van der Waals surface area (Å²) in [6, 6.07) is 0. The molecule has 20 heteroatoms. The molecule has 22 unspecified atom stereocenters. The van der Waals surface area contributed by atoms with E-state index in [2.05, 4.69) is 6.92 Å². The minimum atomic E-state index is -1.90. The lowest BCUT2D eigenvalue weighted by atomic mass is 9.95. The summed E-state index contributed by atoms with van der Waals surface area (Å²) in [5, 5.41) is 87.8. The molecule has 0 aliphatic carbocycles. The lowest BCUT2D eigenvalue weighted by Crippen LogP contribution is -2.68. The molecule has 5 saturated heterocycles. The molecule has 0 aromatic heterocycles. The van der Waals surface area contributed by atoms with Gasteiger partial charge in [0.2, 0.25) is 0 Å². The van der Waals surface area contributed by atoms with Crippen molar-refractivity contribution in [1.82, 2.24) is 0 Å². The summed E-state index contributed by atoms with van der Waals surface area (Å²) >= 11 is 0. The van der Waals surface area contributed by atoms with Gasteiger partial charge in [-0.15, -0.1) is 0 Å². The molecule has 2 bridgehead atoms. The number of hydrogen-bond donors (Lipinski definition) is 8. The number of carbonyl (C=O) groups excluding carboxylic acids is 2. The Balaban J connectivity index is 1.56. The quantitative estimate of drug-likeness (QED) is 0.112. The number of fused-ring (bicyclic) bond motifs is 4. The van der Waals surface area contributed by atoms with Crippen molar-refractivity contribution < 1.29 is 97.8 Å². The summed E-state index contributed by atoms with van der Waals surface area (Å²) in [6.07, 6.45) is -20.4. The zero-order valence-electron chi connectivity index (χ0n) is 38.8. The number of aliphatic hydroxyl groups is 8. The third kappa shape index (κ3) is 14.0. The van der Waals surface area contributed by atoms with E-state index >= 15 is 0 Å². The number of esters is 2. The van der Waals surface area contributed by atoms with Gasteiger partial charge in [0.1, 0.15) is 67.1 Å². The Kier molecular flexibility index (Phi) is 21.5. The van der Waals surface area contributed by atoms with E-state index in [0.29, 0.717) is 25.7 Å². The molecule has 8 N–H and O–H groups in total. The van der Waals surface area contributed by atoms with E-state index in [1.165, 1.54) is 13.8 Å². The highest BCUT2D eigenvalue weighted by atomic mass is 16.8. The summed E-state index contributed by atoms with van der Waals surface area (Å²) < 4.78 is 62.1. The summed E-state index contributed by atoms with van der Waals surface area (Å²) in [6.45, 7) is 9.26. The highest BCUT2D eigenvalue weighted by Crippen LogP contribution is 2.38. The number of hydrogen-bond acceptors (Lipinski definition) is 20. The summed E-state index contributed by atoms with van der Waals surface area (Å²) in [5.41, 5.74) is 0. The van der Waals surface area contributed by atoms with Gasteiger partial charge in [0, 0.05) is 6.42 Å². The van der Waals surface area contributed by atoms with Crippen molar-refractivity contribution >= 4 is 11.9 Å². The van der Waals surface area contributed by atoms with Gasteiger partial charge in [-0.05, 0) is 46.5 Å². The number of rotatable bonds is 10. The van der Waals surface area contributed by atoms with Gasteiger partial charge in [0.25, 0.3) is 0 Å². The van der Waals surface area contributed by atoms with Crippen molar-refractivity contribution in [3.8, 4) is 0 Å². The van der Waals surface area contributed by atoms with Crippen LogP contribution in [-0.2, 0) is 57.0 Å². The van der Waals surface area contributed by atoms with Gasteiger partial charge in [0.05, 0.1) is 36.9 Å². The minimum Gasteiger partial charge on any atom is -0.455 e. The molecule has 0 saturated carbocycles. The van der Waals surface area contributed by atoms with Gasteiger partial charge in [0.15, 0.2) is 37.4 Å². The molecule has 5 aliphatic rings. The Morgan fingerprint density at radius 2 is 1.22 bits per heavy atom. The molecule has 0 aromatic carbocycles. The molecule has 65 heavy (non-hydrogen) atoms. The maximum absolute atomic E-state index is 13.8. The first-order chi connectivity index (χ1) is 31.0. The van der Waals surface area contributed by atoms with Crippen LogP contribution in [0.15, 0.2) is 0 Å². The first kappa shape index (κ1) is 54.2. The van der Waals surface area contributed by atoms with Crippen LogP contribution in [-0.4, -0.2) is 188 Å². The molecule has 0 radical (unpaired) electrons. The number of unbranched alkanes of at least 4 members (excludes halogenated alkanes) is 2. The van der Waals surface area contributed by atoms with Gasteiger partial charge in [-0.25, -0.2) is 0 Å². The second-order valence-corrected chi connectivity index (χ2v) is 18.5. The van der Waals surface area contributed by atoms with Crippen LogP contribution in [0.4, 0.5) is 0 Å².